The normalized spacial score (nSPS) is 12.8. The van der Waals surface area contributed by atoms with Gasteiger partial charge in [0, 0.05) is 42.3 Å². The van der Waals surface area contributed by atoms with E-state index in [4.69, 9.17) is 15.0 Å². The summed E-state index contributed by atoms with van der Waals surface area (Å²) in [4.78, 5) is 14.9. The molecule has 0 aliphatic heterocycles. The molecule has 2 heterocycles. The topological polar surface area (TPSA) is 38.7 Å². The van der Waals surface area contributed by atoms with Gasteiger partial charge in [-0.25, -0.2) is 15.0 Å². The quantitative estimate of drug-likeness (QED) is 0.169. The van der Waals surface area contributed by atoms with Crippen LogP contribution in [0.3, 0.4) is 0 Å². The Balaban J connectivity index is 0.983. The van der Waals surface area contributed by atoms with E-state index in [1.165, 1.54) is 64.7 Å². The molecule has 0 amide bonds. The zero-order valence-electron chi connectivity index (χ0n) is 32.1. The zero-order valence-corrected chi connectivity index (χ0v) is 33.0. The standard InChI is InChI=1S/C54H37N3S/c1-54(2)47-28-10-9-23-43(47)44-30-29-39(33-48(44)54)42-25-14-27-46-45-26-13-24-41(49(45)58-50(42)46)38-21-11-19-36(31-38)37-20-12-22-40(32-37)53-56-51(34-15-5-3-6-16-34)55-52(57-53)35-17-7-4-8-18-35/h3-33H,1-2H3. The van der Waals surface area contributed by atoms with E-state index in [1.807, 2.05) is 72.0 Å². The lowest BCUT2D eigenvalue weighted by atomic mass is 9.81. The molecule has 0 atom stereocenters. The molecule has 1 aliphatic rings. The molecule has 0 bridgehead atoms. The van der Waals surface area contributed by atoms with E-state index in [0.717, 1.165) is 27.8 Å². The minimum Gasteiger partial charge on any atom is -0.208 e. The molecule has 0 unspecified atom stereocenters. The number of thiophene rings is 1. The van der Waals surface area contributed by atoms with Crippen LogP contribution in [0.4, 0.5) is 0 Å². The summed E-state index contributed by atoms with van der Waals surface area (Å²) in [7, 11) is 0. The molecule has 4 heteroatoms. The Labute approximate surface area is 342 Å². The number of hydrogen-bond donors (Lipinski definition) is 0. The first-order chi connectivity index (χ1) is 28.5. The van der Waals surface area contributed by atoms with Gasteiger partial charge in [-0.3, -0.25) is 0 Å². The monoisotopic (exact) mass is 759 g/mol. The fraction of sp³-hybridized carbons (Fsp3) is 0.0556. The van der Waals surface area contributed by atoms with Crippen LogP contribution in [0.25, 0.3) is 98.8 Å². The van der Waals surface area contributed by atoms with Crippen molar-refractivity contribution in [1.29, 1.82) is 0 Å². The molecule has 0 spiro atoms. The molecule has 0 fully saturated rings. The lowest BCUT2D eigenvalue weighted by Gasteiger charge is -2.22. The van der Waals surface area contributed by atoms with Crippen molar-refractivity contribution in [3.05, 3.63) is 199 Å². The molecule has 3 nitrogen and oxygen atoms in total. The minimum absolute atomic E-state index is 0.0464. The first kappa shape index (κ1) is 34.3. The lowest BCUT2D eigenvalue weighted by molar-refractivity contribution is 0.660. The van der Waals surface area contributed by atoms with Gasteiger partial charge in [0.15, 0.2) is 17.5 Å². The van der Waals surface area contributed by atoms with E-state index in [2.05, 4.69) is 141 Å². The largest absolute Gasteiger partial charge is 0.208 e. The summed E-state index contributed by atoms with van der Waals surface area (Å²) in [6.07, 6.45) is 0. The molecule has 2 aromatic heterocycles. The Hall–Kier alpha value is -7.01. The molecular formula is C54H37N3S. The minimum atomic E-state index is -0.0464. The van der Waals surface area contributed by atoms with Crippen molar-refractivity contribution < 1.29 is 0 Å². The molecule has 0 saturated carbocycles. The van der Waals surface area contributed by atoms with Crippen LogP contribution >= 0.6 is 11.3 Å². The maximum absolute atomic E-state index is 5.00. The first-order valence-corrected chi connectivity index (χ1v) is 20.6. The van der Waals surface area contributed by atoms with E-state index >= 15 is 0 Å². The molecule has 11 rings (SSSR count). The van der Waals surface area contributed by atoms with Gasteiger partial charge in [-0.1, -0.05) is 184 Å². The van der Waals surface area contributed by atoms with Crippen LogP contribution in [-0.4, -0.2) is 15.0 Å². The van der Waals surface area contributed by atoms with Gasteiger partial charge in [0.05, 0.1) is 0 Å². The summed E-state index contributed by atoms with van der Waals surface area (Å²) < 4.78 is 2.63. The predicted molar refractivity (Wildman–Crippen MR) is 243 cm³/mol. The Bertz CT molecular complexity index is 3140. The third kappa shape index (κ3) is 5.68. The maximum Gasteiger partial charge on any atom is 0.164 e. The molecule has 1 aliphatic carbocycles. The van der Waals surface area contributed by atoms with Gasteiger partial charge in [-0.05, 0) is 73.8 Å². The van der Waals surface area contributed by atoms with Crippen molar-refractivity contribution in [2.45, 2.75) is 19.3 Å². The summed E-state index contributed by atoms with van der Waals surface area (Å²) in [5.41, 5.74) is 15.5. The molecule has 10 aromatic rings. The summed E-state index contributed by atoms with van der Waals surface area (Å²) in [5.74, 6) is 1.96. The fourth-order valence-corrected chi connectivity index (χ4v) is 10.2. The van der Waals surface area contributed by atoms with Crippen LogP contribution in [0.2, 0.25) is 0 Å². The van der Waals surface area contributed by atoms with Gasteiger partial charge < -0.3 is 0 Å². The maximum atomic E-state index is 5.00. The van der Waals surface area contributed by atoms with E-state index in [9.17, 15) is 0 Å². The molecule has 8 aromatic carbocycles. The summed E-state index contributed by atoms with van der Waals surface area (Å²) in [6.45, 7) is 4.71. The van der Waals surface area contributed by atoms with Gasteiger partial charge in [0.1, 0.15) is 0 Å². The summed E-state index contributed by atoms with van der Waals surface area (Å²) in [6, 6.07) is 67.2. The lowest BCUT2D eigenvalue weighted by Crippen LogP contribution is -2.14. The van der Waals surface area contributed by atoms with E-state index in [-0.39, 0.29) is 5.41 Å². The number of rotatable bonds is 6. The van der Waals surface area contributed by atoms with Crippen molar-refractivity contribution in [1.82, 2.24) is 15.0 Å². The average Bonchev–Trinajstić information content (AvgIpc) is 3.79. The SMILES string of the molecule is CC1(C)c2ccccc2-c2ccc(-c3cccc4c3sc3c(-c5cccc(-c6cccc(-c7nc(-c8ccccc8)nc(-c8ccccc8)n7)c6)c5)cccc34)cc21. The Morgan fingerprint density at radius 3 is 1.38 bits per heavy atom. The average molecular weight is 760 g/mol. The van der Waals surface area contributed by atoms with Crippen LogP contribution < -0.4 is 0 Å². The fourth-order valence-electron chi connectivity index (χ4n) is 8.79. The summed E-state index contributed by atoms with van der Waals surface area (Å²) in [5, 5.41) is 2.59. The third-order valence-electron chi connectivity index (χ3n) is 11.7. The highest BCUT2D eigenvalue weighted by Crippen LogP contribution is 2.51. The van der Waals surface area contributed by atoms with Gasteiger partial charge in [0.2, 0.25) is 0 Å². The second-order valence-corrected chi connectivity index (χ2v) is 16.6. The number of benzene rings is 8. The number of fused-ring (bicyclic) bond motifs is 6. The van der Waals surface area contributed by atoms with Crippen LogP contribution in [0.1, 0.15) is 25.0 Å². The van der Waals surface area contributed by atoms with Gasteiger partial charge in [-0.15, -0.1) is 11.3 Å². The highest BCUT2D eigenvalue weighted by atomic mass is 32.1. The first-order valence-electron chi connectivity index (χ1n) is 19.8. The smallest absolute Gasteiger partial charge is 0.164 e. The van der Waals surface area contributed by atoms with Crippen LogP contribution in [0, 0.1) is 0 Å². The van der Waals surface area contributed by atoms with Crippen molar-refractivity contribution in [2.75, 3.05) is 0 Å². The van der Waals surface area contributed by atoms with Crippen molar-refractivity contribution in [3.63, 3.8) is 0 Å². The molecule has 0 radical (unpaired) electrons. The second kappa shape index (κ2) is 13.6. The number of aromatic nitrogens is 3. The van der Waals surface area contributed by atoms with Crippen LogP contribution in [-0.2, 0) is 5.41 Å². The Morgan fingerprint density at radius 2 is 0.759 bits per heavy atom. The van der Waals surface area contributed by atoms with Gasteiger partial charge >= 0.3 is 0 Å². The van der Waals surface area contributed by atoms with E-state index < -0.39 is 0 Å². The van der Waals surface area contributed by atoms with Crippen molar-refractivity contribution >= 4 is 31.5 Å². The zero-order chi connectivity index (χ0) is 38.8. The summed E-state index contributed by atoms with van der Waals surface area (Å²) >= 11 is 1.90. The Morgan fingerprint density at radius 1 is 0.328 bits per heavy atom. The highest BCUT2D eigenvalue weighted by molar-refractivity contribution is 7.26. The van der Waals surface area contributed by atoms with E-state index in [0.29, 0.717) is 17.5 Å². The Kier molecular flexibility index (Phi) is 8.02. The molecule has 58 heavy (non-hydrogen) atoms. The third-order valence-corrected chi connectivity index (χ3v) is 13.0. The molecule has 0 saturated heterocycles. The van der Waals surface area contributed by atoms with Crippen molar-refractivity contribution in [3.8, 4) is 78.7 Å². The van der Waals surface area contributed by atoms with Crippen LogP contribution in [0.15, 0.2) is 188 Å². The molecular weight excluding hydrogens is 723 g/mol. The predicted octanol–water partition coefficient (Wildman–Crippen LogP) is 14.5. The molecule has 274 valence electrons. The number of hydrogen-bond acceptors (Lipinski definition) is 4. The van der Waals surface area contributed by atoms with E-state index in [1.54, 1.807) is 0 Å². The number of nitrogens with zero attached hydrogens (tertiary/aromatic N) is 3. The van der Waals surface area contributed by atoms with Crippen molar-refractivity contribution in [2.24, 2.45) is 0 Å². The van der Waals surface area contributed by atoms with Crippen LogP contribution in [0.5, 0.6) is 0 Å². The molecule has 0 N–H and O–H groups in total. The highest BCUT2D eigenvalue weighted by Gasteiger charge is 2.35. The van der Waals surface area contributed by atoms with Gasteiger partial charge in [0.25, 0.3) is 0 Å². The second-order valence-electron chi connectivity index (χ2n) is 15.6. The van der Waals surface area contributed by atoms with Gasteiger partial charge in [-0.2, -0.15) is 0 Å².